The lowest BCUT2D eigenvalue weighted by Crippen LogP contribution is -2.31. The van der Waals surface area contributed by atoms with Crippen LogP contribution in [0.3, 0.4) is 0 Å². The molecule has 1 unspecified atom stereocenters. The number of fused-ring (bicyclic) bond motifs is 1. The van der Waals surface area contributed by atoms with E-state index >= 15 is 0 Å². The number of aliphatic hydroxyl groups is 1. The lowest BCUT2D eigenvalue weighted by Gasteiger charge is -2.25. The summed E-state index contributed by atoms with van der Waals surface area (Å²) in [6.07, 6.45) is 2.25. The largest absolute Gasteiger partial charge is 0.503 e. The zero-order chi connectivity index (χ0) is 23.1. The first-order valence-corrected chi connectivity index (χ1v) is 11.2. The fraction of sp³-hybridized carbons (Fsp3) is 0.160. The van der Waals surface area contributed by atoms with Crippen LogP contribution in [0.2, 0.25) is 0 Å². The number of amides is 1. The van der Waals surface area contributed by atoms with Crippen LogP contribution in [-0.4, -0.2) is 28.9 Å². The predicted molar refractivity (Wildman–Crippen MR) is 125 cm³/mol. The van der Waals surface area contributed by atoms with Gasteiger partial charge in [-0.05, 0) is 42.3 Å². The number of hydrogen-bond acceptors (Lipinski definition) is 7. The summed E-state index contributed by atoms with van der Waals surface area (Å²) in [6, 6.07) is 15.2. The average molecular weight is 461 g/mol. The highest BCUT2D eigenvalue weighted by atomic mass is 32.1. The number of Topliss-reactive ketones (excluding diaryl/α,β-unsaturated/α-hetero) is 1. The van der Waals surface area contributed by atoms with Gasteiger partial charge in [0, 0.05) is 5.56 Å². The number of anilines is 1. The highest BCUT2D eigenvalue weighted by Gasteiger charge is 2.47. The number of benzene rings is 2. The molecule has 3 heterocycles. The van der Waals surface area contributed by atoms with Crippen molar-refractivity contribution in [3.63, 3.8) is 0 Å². The van der Waals surface area contributed by atoms with Crippen LogP contribution >= 0.6 is 11.3 Å². The number of aliphatic hydroxyl groups excluding tert-OH is 1. The highest BCUT2D eigenvalue weighted by Crippen LogP contribution is 2.46. The van der Waals surface area contributed by atoms with E-state index in [1.807, 2.05) is 18.2 Å². The molecule has 8 heteroatoms. The van der Waals surface area contributed by atoms with Gasteiger partial charge in [0.05, 0.1) is 29.2 Å². The molecule has 0 aliphatic carbocycles. The zero-order valence-electron chi connectivity index (χ0n) is 17.9. The molecule has 2 aromatic carbocycles. The van der Waals surface area contributed by atoms with E-state index in [9.17, 15) is 14.7 Å². The Morgan fingerprint density at radius 3 is 2.76 bits per heavy atom. The van der Waals surface area contributed by atoms with Gasteiger partial charge in [-0.15, -0.1) is 0 Å². The number of para-hydroxylation sites is 1. The molecule has 7 nitrogen and oxygen atoms in total. The van der Waals surface area contributed by atoms with E-state index in [0.717, 1.165) is 22.2 Å². The van der Waals surface area contributed by atoms with Crippen molar-refractivity contribution in [2.45, 2.75) is 19.4 Å². The molecular weight excluding hydrogens is 440 g/mol. The second kappa shape index (κ2) is 8.22. The second-order valence-corrected chi connectivity index (χ2v) is 8.55. The topological polar surface area (TPSA) is 92.9 Å². The van der Waals surface area contributed by atoms with E-state index in [2.05, 4.69) is 11.9 Å². The number of aromatic nitrogens is 1. The number of rotatable bonds is 6. The molecule has 1 atom stereocenters. The number of carbonyl (C=O) groups is 2. The third-order valence-electron chi connectivity index (χ3n) is 5.69. The van der Waals surface area contributed by atoms with Gasteiger partial charge < -0.3 is 14.3 Å². The standard InChI is InChI=1S/C25H20N2O5S/c1-3-14-10-11-16-19(13-14)33-25(26-16)27-21(15-7-4-5-8-17(15)31-2)20(23(29)24(27)30)22(28)18-9-6-12-32-18/h4-13,21,29H,3H2,1-2H3. The van der Waals surface area contributed by atoms with Gasteiger partial charge in [-0.25, -0.2) is 4.98 Å². The first-order chi connectivity index (χ1) is 16.0. The van der Waals surface area contributed by atoms with Gasteiger partial charge in [-0.3, -0.25) is 14.5 Å². The summed E-state index contributed by atoms with van der Waals surface area (Å²) in [5.41, 5.74) is 2.37. The molecule has 0 radical (unpaired) electrons. The Morgan fingerprint density at radius 1 is 1.21 bits per heavy atom. The Kier molecular flexibility index (Phi) is 5.22. The molecule has 4 aromatic rings. The molecule has 0 fully saturated rings. The number of ketones is 1. The van der Waals surface area contributed by atoms with Gasteiger partial charge >= 0.3 is 0 Å². The number of ether oxygens (including phenoxy) is 1. The van der Waals surface area contributed by atoms with Gasteiger partial charge in [0.1, 0.15) is 11.8 Å². The number of carbonyl (C=O) groups excluding carboxylic acids is 2. The van der Waals surface area contributed by atoms with Gasteiger partial charge in [0.25, 0.3) is 5.91 Å². The summed E-state index contributed by atoms with van der Waals surface area (Å²) in [6.45, 7) is 2.07. The van der Waals surface area contributed by atoms with Gasteiger partial charge in [-0.1, -0.05) is 42.5 Å². The maximum atomic E-state index is 13.3. The van der Waals surface area contributed by atoms with Crippen molar-refractivity contribution in [3.8, 4) is 5.75 Å². The number of thiazole rings is 1. The molecule has 33 heavy (non-hydrogen) atoms. The smallest absolute Gasteiger partial charge is 0.296 e. The minimum absolute atomic E-state index is 0.0305. The van der Waals surface area contributed by atoms with E-state index in [-0.39, 0.29) is 11.3 Å². The molecule has 0 bridgehead atoms. The fourth-order valence-electron chi connectivity index (χ4n) is 4.04. The number of methoxy groups -OCH3 is 1. The third kappa shape index (κ3) is 3.39. The Labute approximate surface area is 193 Å². The number of furan rings is 1. The molecule has 2 aromatic heterocycles. The van der Waals surface area contributed by atoms with Crippen LogP contribution in [0, 0.1) is 0 Å². The van der Waals surface area contributed by atoms with Crippen molar-refractivity contribution in [2.24, 2.45) is 0 Å². The van der Waals surface area contributed by atoms with Crippen LogP contribution in [0.25, 0.3) is 10.2 Å². The fourth-order valence-corrected chi connectivity index (χ4v) is 5.10. The van der Waals surface area contributed by atoms with Crippen molar-refractivity contribution in [3.05, 3.63) is 89.1 Å². The monoisotopic (exact) mass is 460 g/mol. The van der Waals surface area contributed by atoms with Crippen molar-refractivity contribution >= 4 is 38.4 Å². The van der Waals surface area contributed by atoms with Crippen LogP contribution < -0.4 is 9.64 Å². The molecular formula is C25H20N2O5S. The Morgan fingerprint density at radius 2 is 2.03 bits per heavy atom. The van der Waals surface area contributed by atoms with Crippen molar-refractivity contribution in [1.82, 2.24) is 4.98 Å². The van der Waals surface area contributed by atoms with E-state index in [1.54, 1.807) is 30.3 Å². The number of aryl methyl sites for hydroxylation is 1. The SMILES string of the molecule is CCc1ccc2nc(N3C(=O)C(O)=C(C(=O)c4ccco4)C3c3ccccc3OC)sc2c1. The van der Waals surface area contributed by atoms with Crippen LogP contribution in [0.1, 0.15) is 34.6 Å². The highest BCUT2D eigenvalue weighted by molar-refractivity contribution is 7.22. The third-order valence-corrected chi connectivity index (χ3v) is 6.70. The minimum atomic E-state index is -0.933. The Hall–Kier alpha value is -3.91. The molecule has 1 aliphatic rings. The molecule has 0 saturated carbocycles. The van der Waals surface area contributed by atoms with Crippen LogP contribution in [0.15, 0.2) is 76.6 Å². The number of hydrogen-bond donors (Lipinski definition) is 1. The van der Waals surface area contributed by atoms with Gasteiger partial charge in [0.2, 0.25) is 5.78 Å². The first kappa shape index (κ1) is 21.0. The van der Waals surface area contributed by atoms with Gasteiger partial charge in [-0.2, -0.15) is 0 Å². The summed E-state index contributed by atoms with van der Waals surface area (Å²) in [5, 5.41) is 11.3. The molecule has 1 N–H and O–H groups in total. The molecule has 1 amide bonds. The van der Waals surface area contributed by atoms with E-state index < -0.39 is 23.5 Å². The normalized spacial score (nSPS) is 16.1. The number of nitrogens with zero attached hydrogens (tertiary/aromatic N) is 2. The molecule has 5 rings (SSSR count). The molecule has 0 spiro atoms. The van der Waals surface area contributed by atoms with Gasteiger partial charge in [0.15, 0.2) is 16.7 Å². The second-order valence-electron chi connectivity index (χ2n) is 7.54. The summed E-state index contributed by atoms with van der Waals surface area (Å²) >= 11 is 1.33. The lowest BCUT2D eigenvalue weighted by atomic mass is 9.94. The minimum Gasteiger partial charge on any atom is -0.503 e. The van der Waals surface area contributed by atoms with E-state index in [4.69, 9.17) is 9.15 Å². The Balaban J connectivity index is 1.70. The van der Waals surface area contributed by atoms with E-state index in [1.165, 1.54) is 35.7 Å². The van der Waals surface area contributed by atoms with Crippen LogP contribution in [0.5, 0.6) is 5.75 Å². The quantitative estimate of drug-likeness (QED) is 0.396. The zero-order valence-corrected chi connectivity index (χ0v) is 18.8. The first-order valence-electron chi connectivity index (χ1n) is 10.4. The van der Waals surface area contributed by atoms with E-state index in [0.29, 0.717) is 16.4 Å². The Bertz CT molecular complexity index is 1400. The molecule has 166 valence electrons. The maximum absolute atomic E-state index is 13.3. The molecule has 0 saturated heterocycles. The lowest BCUT2D eigenvalue weighted by molar-refractivity contribution is -0.117. The summed E-state index contributed by atoms with van der Waals surface area (Å²) in [7, 11) is 1.52. The summed E-state index contributed by atoms with van der Waals surface area (Å²) < 4.78 is 11.7. The van der Waals surface area contributed by atoms with Crippen molar-refractivity contribution < 1.29 is 23.8 Å². The summed E-state index contributed by atoms with van der Waals surface area (Å²) in [5.74, 6) is -1.38. The van der Waals surface area contributed by atoms with Crippen molar-refractivity contribution in [1.29, 1.82) is 0 Å². The predicted octanol–water partition coefficient (Wildman–Crippen LogP) is 5.24. The van der Waals surface area contributed by atoms with Crippen molar-refractivity contribution in [2.75, 3.05) is 12.0 Å². The summed E-state index contributed by atoms with van der Waals surface area (Å²) in [4.78, 5) is 32.7. The maximum Gasteiger partial charge on any atom is 0.296 e. The van der Waals surface area contributed by atoms with Crippen LogP contribution in [-0.2, 0) is 11.2 Å². The van der Waals surface area contributed by atoms with Crippen LogP contribution in [0.4, 0.5) is 5.13 Å². The molecule has 1 aliphatic heterocycles. The average Bonchev–Trinajstić information content (AvgIpc) is 3.57.